The van der Waals surface area contributed by atoms with Crippen molar-refractivity contribution in [3.05, 3.63) is 70.6 Å². The smallest absolute Gasteiger partial charge is 0.379 e. The van der Waals surface area contributed by atoms with E-state index >= 15 is 0 Å². The number of ether oxygens (including phenoxy) is 6. The molecule has 13 heteroatoms. The Morgan fingerprint density at radius 1 is 0.860 bits per heavy atom. The molecule has 0 bridgehead atoms. The largest absolute Gasteiger partial charge is 0.489 e. The lowest BCUT2D eigenvalue weighted by Crippen LogP contribution is -2.67. The van der Waals surface area contributed by atoms with Crippen LogP contribution >= 0.6 is 0 Å². The van der Waals surface area contributed by atoms with Crippen molar-refractivity contribution in [1.29, 1.82) is 0 Å². The normalized spacial score (nSPS) is 21.3. The van der Waals surface area contributed by atoms with Crippen LogP contribution in [0.4, 0.5) is 0 Å². The van der Waals surface area contributed by atoms with Crippen molar-refractivity contribution in [2.75, 3.05) is 6.61 Å². The van der Waals surface area contributed by atoms with E-state index in [1.54, 1.807) is 18.2 Å². The molecule has 1 N–H and O–H groups in total. The number of fused-ring (bicyclic) bond motifs is 1. The molecule has 1 saturated heterocycles. The molecule has 5 atom stereocenters. The van der Waals surface area contributed by atoms with E-state index in [0.717, 1.165) is 19.4 Å². The van der Waals surface area contributed by atoms with Gasteiger partial charge in [-0.15, -0.1) is 0 Å². The van der Waals surface area contributed by atoms with Crippen molar-refractivity contribution in [1.82, 2.24) is 5.32 Å². The number of amides is 1. The summed E-state index contributed by atoms with van der Waals surface area (Å²) in [6.07, 6.45) is -5.33. The summed E-state index contributed by atoms with van der Waals surface area (Å²) in [7, 11) is 0. The lowest BCUT2D eigenvalue weighted by Gasteiger charge is -2.44. The van der Waals surface area contributed by atoms with Gasteiger partial charge < -0.3 is 38.2 Å². The maximum Gasteiger partial charge on any atom is 0.379 e. The van der Waals surface area contributed by atoms with Gasteiger partial charge in [0.2, 0.25) is 17.9 Å². The van der Waals surface area contributed by atoms with Crippen molar-refractivity contribution >= 4 is 34.8 Å². The van der Waals surface area contributed by atoms with Crippen LogP contribution in [0.1, 0.15) is 33.3 Å². The zero-order chi connectivity index (χ0) is 31.1. The Hall–Kier alpha value is -4.91. The molecule has 4 rings (SSSR count). The molecular formula is C30H31NO12. The van der Waals surface area contributed by atoms with Gasteiger partial charge in [0.05, 0.1) is 0 Å². The molecule has 0 saturated carbocycles. The molecule has 0 aliphatic carbocycles. The first-order valence-electron chi connectivity index (χ1n) is 13.3. The average Bonchev–Trinajstić information content (AvgIpc) is 2.94. The first-order valence-corrected chi connectivity index (χ1v) is 13.3. The predicted octanol–water partition coefficient (Wildman–Crippen LogP) is 2.41. The van der Waals surface area contributed by atoms with Crippen LogP contribution in [0.3, 0.4) is 0 Å². The molecule has 1 fully saturated rings. The molecule has 1 aromatic heterocycles. The molecule has 43 heavy (non-hydrogen) atoms. The zero-order valence-corrected chi connectivity index (χ0v) is 23.9. The van der Waals surface area contributed by atoms with E-state index in [1.165, 1.54) is 19.9 Å². The monoisotopic (exact) mass is 597 g/mol. The molecule has 13 nitrogen and oxygen atoms in total. The van der Waals surface area contributed by atoms with Gasteiger partial charge in [0.15, 0.2) is 12.2 Å². The van der Waals surface area contributed by atoms with Crippen LogP contribution < -0.4 is 20.4 Å². The topological polar surface area (TPSA) is 166 Å². The summed E-state index contributed by atoms with van der Waals surface area (Å²) >= 11 is 0. The van der Waals surface area contributed by atoms with Gasteiger partial charge in [0, 0.05) is 39.1 Å². The summed E-state index contributed by atoms with van der Waals surface area (Å²) in [6.45, 7) is 4.51. The second-order valence-corrected chi connectivity index (χ2v) is 9.71. The Balaban J connectivity index is 1.64. The number of hydrogen-bond acceptors (Lipinski definition) is 12. The molecule has 0 spiro atoms. The van der Waals surface area contributed by atoms with Gasteiger partial charge in [-0.05, 0) is 23.8 Å². The molecule has 0 radical (unpaired) electrons. The summed E-state index contributed by atoms with van der Waals surface area (Å²) in [5.41, 5.74) is 0.316. The fraction of sp³-hybridized carbons (Fsp3) is 0.367. The molecular weight excluding hydrogens is 566 g/mol. The molecule has 2 heterocycles. The number of carbonyl (C=O) groups is 4. The predicted molar refractivity (Wildman–Crippen MR) is 148 cm³/mol. The van der Waals surface area contributed by atoms with Gasteiger partial charge in [-0.3, -0.25) is 19.2 Å². The van der Waals surface area contributed by atoms with Gasteiger partial charge in [-0.1, -0.05) is 30.3 Å². The van der Waals surface area contributed by atoms with Crippen molar-refractivity contribution in [3.63, 3.8) is 0 Å². The minimum absolute atomic E-state index is 0.228. The molecule has 228 valence electrons. The molecule has 2 aromatic carbocycles. The fourth-order valence-corrected chi connectivity index (χ4v) is 4.50. The second kappa shape index (κ2) is 13.8. The van der Waals surface area contributed by atoms with E-state index in [2.05, 4.69) is 5.32 Å². The summed E-state index contributed by atoms with van der Waals surface area (Å²) < 4.78 is 39.0. The van der Waals surface area contributed by atoms with Gasteiger partial charge in [0.1, 0.15) is 36.7 Å². The number of benzene rings is 2. The first-order chi connectivity index (χ1) is 20.5. The third-order valence-corrected chi connectivity index (χ3v) is 6.24. The van der Waals surface area contributed by atoms with Crippen LogP contribution in [0.15, 0.2) is 63.8 Å². The molecule has 1 amide bonds. The van der Waals surface area contributed by atoms with E-state index in [0.29, 0.717) is 17.7 Å². The number of carbonyl (C=O) groups excluding carboxylic acids is 4. The highest BCUT2D eigenvalue weighted by molar-refractivity contribution is 5.79. The number of esters is 3. The van der Waals surface area contributed by atoms with Crippen LogP contribution in [-0.4, -0.2) is 61.1 Å². The maximum absolute atomic E-state index is 13.0. The quantitative estimate of drug-likeness (QED) is 0.206. The molecule has 1 aliphatic heterocycles. The summed E-state index contributed by atoms with van der Waals surface area (Å²) in [4.78, 5) is 60.7. The fourth-order valence-electron chi connectivity index (χ4n) is 4.50. The second-order valence-electron chi connectivity index (χ2n) is 9.71. The highest BCUT2D eigenvalue weighted by Crippen LogP contribution is 2.30. The van der Waals surface area contributed by atoms with Crippen LogP contribution in [-0.2, 0) is 44.7 Å². The van der Waals surface area contributed by atoms with E-state index in [1.807, 2.05) is 30.3 Å². The SMILES string of the molecule is CC(=O)N[C@H]1C(Oc2cc3ccc(OCc4ccccc4)cc3oc2=O)O[C@H](COC(C)=O)[C@H](OC(C)=O)[C@@H]1OC(C)=O. The van der Waals surface area contributed by atoms with Gasteiger partial charge in [-0.25, -0.2) is 4.79 Å². The Bertz CT molecular complexity index is 1540. The van der Waals surface area contributed by atoms with Crippen molar-refractivity contribution < 1.29 is 52.0 Å². The number of nitrogens with one attached hydrogen (secondary N) is 1. The molecule has 1 aliphatic rings. The van der Waals surface area contributed by atoms with Gasteiger partial charge in [0.25, 0.3) is 0 Å². The van der Waals surface area contributed by atoms with Gasteiger partial charge >= 0.3 is 23.5 Å². The van der Waals surface area contributed by atoms with Crippen molar-refractivity contribution in [3.8, 4) is 11.5 Å². The Labute approximate surface area is 245 Å². The average molecular weight is 598 g/mol. The molecule has 3 aromatic rings. The van der Waals surface area contributed by atoms with E-state index in [4.69, 9.17) is 32.8 Å². The van der Waals surface area contributed by atoms with Crippen LogP contribution in [0.5, 0.6) is 11.5 Å². The third kappa shape index (κ3) is 8.32. The minimum Gasteiger partial charge on any atom is -0.489 e. The van der Waals surface area contributed by atoms with E-state index < -0.39 is 66.7 Å². The highest BCUT2D eigenvalue weighted by atomic mass is 16.7. The number of rotatable bonds is 10. The first kappa shape index (κ1) is 31.0. The van der Waals surface area contributed by atoms with E-state index in [-0.39, 0.29) is 11.3 Å². The van der Waals surface area contributed by atoms with E-state index in [9.17, 15) is 24.0 Å². The van der Waals surface area contributed by atoms with Gasteiger partial charge in [-0.2, -0.15) is 0 Å². The Kier molecular flexibility index (Phi) is 9.99. The summed E-state index contributed by atoms with van der Waals surface area (Å²) in [5.74, 6) is -2.54. The lowest BCUT2D eigenvalue weighted by molar-refractivity contribution is -0.257. The standard InChI is InChI=1S/C30H31NO12/c1-16(32)31-26-28(40-19(4)35)27(39-18(3)34)25(15-37-17(2)33)43-30(26)42-24-12-21-10-11-22(13-23(21)41-29(24)36)38-14-20-8-6-5-7-9-20/h5-13,25-28,30H,14-15H2,1-4H3,(H,31,32)/t25-,26-,27+,28-,30?/m1/s1. The molecule has 1 unspecified atom stereocenters. The highest BCUT2D eigenvalue weighted by Gasteiger charge is 2.52. The Morgan fingerprint density at radius 3 is 2.21 bits per heavy atom. The third-order valence-electron chi connectivity index (χ3n) is 6.24. The minimum atomic E-state index is -1.48. The lowest BCUT2D eigenvalue weighted by atomic mass is 9.96. The number of hydrogen-bond donors (Lipinski definition) is 1. The van der Waals surface area contributed by atoms with Crippen molar-refractivity contribution in [2.24, 2.45) is 0 Å². The Morgan fingerprint density at radius 2 is 1.56 bits per heavy atom. The summed E-state index contributed by atoms with van der Waals surface area (Å²) in [6, 6.07) is 14.6. The van der Waals surface area contributed by atoms with Crippen molar-refractivity contribution in [2.45, 2.75) is 64.9 Å². The van der Waals surface area contributed by atoms with Crippen LogP contribution in [0.25, 0.3) is 11.0 Å². The van der Waals surface area contributed by atoms with Crippen LogP contribution in [0, 0.1) is 0 Å². The van der Waals surface area contributed by atoms with Crippen LogP contribution in [0.2, 0.25) is 0 Å². The summed E-state index contributed by atoms with van der Waals surface area (Å²) in [5, 5.41) is 3.06. The maximum atomic E-state index is 13.0. The zero-order valence-electron chi connectivity index (χ0n) is 23.9.